The van der Waals surface area contributed by atoms with Gasteiger partial charge >= 0.3 is 18.5 Å². The number of aliphatic hydroxyl groups is 1. The van der Waals surface area contributed by atoms with E-state index < -0.39 is 52.5 Å². The van der Waals surface area contributed by atoms with E-state index in [-0.39, 0.29) is 22.9 Å². The lowest BCUT2D eigenvalue weighted by Gasteiger charge is -2.32. The van der Waals surface area contributed by atoms with Gasteiger partial charge in [0.1, 0.15) is 5.82 Å². The highest BCUT2D eigenvalue weighted by molar-refractivity contribution is 6.04. The number of benzene rings is 3. The van der Waals surface area contributed by atoms with Gasteiger partial charge in [-0.3, -0.25) is 4.79 Å². The smallest absolute Gasteiger partial charge is 0.369 e. The minimum atomic E-state index is -6.17. The number of rotatable bonds is 4. The first-order valence-corrected chi connectivity index (χ1v) is 9.70. The molecule has 1 amide bonds. The maximum atomic E-state index is 14.5. The van der Waals surface area contributed by atoms with Gasteiger partial charge in [0.05, 0.1) is 5.56 Å². The Kier molecular flexibility index (Phi) is 6.83. The predicted octanol–water partition coefficient (Wildman–Crippen LogP) is 7.08. The number of nitrogens with one attached hydrogen (secondary N) is 1. The van der Waals surface area contributed by atoms with Gasteiger partial charge in [0.2, 0.25) is 0 Å². The van der Waals surface area contributed by atoms with E-state index in [2.05, 4.69) is 5.32 Å². The number of anilines is 1. The third-order valence-corrected chi connectivity index (χ3v) is 5.14. The summed E-state index contributed by atoms with van der Waals surface area (Å²) in [6.45, 7) is 0. The summed E-state index contributed by atoms with van der Waals surface area (Å²) in [6, 6.07) is 9.02. The van der Waals surface area contributed by atoms with Crippen LogP contribution in [0.1, 0.15) is 21.5 Å². The van der Waals surface area contributed by atoms with Crippen molar-refractivity contribution in [2.75, 3.05) is 5.32 Å². The monoisotopic (exact) mass is 525 g/mol. The van der Waals surface area contributed by atoms with Crippen LogP contribution in [0.3, 0.4) is 0 Å². The van der Waals surface area contributed by atoms with Gasteiger partial charge < -0.3 is 10.4 Å². The molecule has 0 saturated carbocycles. The number of halogens is 10. The Morgan fingerprint density at radius 2 is 1.19 bits per heavy atom. The highest BCUT2D eigenvalue weighted by Gasteiger charge is 2.71. The zero-order valence-electron chi connectivity index (χ0n) is 17.5. The van der Waals surface area contributed by atoms with Crippen molar-refractivity contribution in [1.82, 2.24) is 0 Å². The first kappa shape index (κ1) is 27.0. The molecule has 3 nitrogen and oxygen atoms in total. The van der Waals surface area contributed by atoms with Crippen molar-refractivity contribution in [3.63, 3.8) is 0 Å². The number of amides is 1. The average Bonchev–Trinajstić information content (AvgIpc) is 2.77. The van der Waals surface area contributed by atoms with Crippen LogP contribution in [0.15, 0.2) is 66.7 Å². The van der Waals surface area contributed by atoms with Crippen molar-refractivity contribution in [3.8, 4) is 11.1 Å². The second kappa shape index (κ2) is 9.12. The standard InChI is InChI=1S/C23H13F10NO2/c24-18-11-15(20(36,22(28,29)30)23(31,32)33)7-10-17(18)12-3-8-16(9-4-12)34-19(35)13-1-5-14(6-2-13)21(25,26)27/h1-11,36H,(H,34,35). The van der Waals surface area contributed by atoms with Crippen molar-refractivity contribution in [3.05, 3.63) is 89.2 Å². The van der Waals surface area contributed by atoms with E-state index in [0.717, 1.165) is 12.1 Å². The van der Waals surface area contributed by atoms with E-state index in [1.54, 1.807) is 0 Å². The average molecular weight is 525 g/mol. The summed E-state index contributed by atoms with van der Waals surface area (Å²) in [4.78, 5) is 12.2. The molecular formula is C23H13F10NO2. The van der Waals surface area contributed by atoms with Gasteiger partial charge in [-0.05, 0) is 48.0 Å². The molecule has 0 spiro atoms. The number of alkyl halides is 9. The van der Waals surface area contributed by atoms with Crippen LogP contribution in [0.25, 0.3) is 11.1 Å². The van der Waals surface area contributed by atoms with Crippen molar-refractivity contribution in [1.29, 1.82) is 0 Å². The largest absolute Gasteiger partial charge is 0.430 e. The first-order valence-electron chi connectivity index (χ1n) is 9.70. The maximum absolute atomic E-state index is 14.5. The lowest BCUT2D eigenvalue weighted by Crippen LogP contribution is -2.53. The van der Waals surface area contributed by atoms with E-state index in [1.807, 2.05) is 0 Å². The van der Waals surface area contributed by atoms with Crippen LogP contribution in [0.5, 0.6) is 0 Å². The Bertz CT molecular complexity index is 1230. The van der Waals surface area contributed by atoms with Crippen molar-refractivity contribution >= 4 is 11.6 Å². The van der Waals surface area contributed by atoms with Crippen LogP contribution >= 0.6 is 0 Å². The molecule has 0 aliphatic carbocycles. The maximum Gasteiger partial charge on any atom is 0.430 e. The molecule has 3 aromatic carbocycles. The van der Waals surface area contributed by atoms with Crippen LogP contribution in [0.2, 0.25) is 0 Å². The highest BCUT2D eigenvalue weighted by atomic mass is 19.4. The Balaban J connectivity index is 1.82. The normalized spacial score (nSPS) is 13.0. The lowest BCUT2D eigenvalue weighted by atomic mass is 9.90. The molecule has 3 aromatic rings. The minimum absolute atomic E-state index is 0.00846. The summed E-state index contributed by atoms with van der Waals surface area (Å²) in [5, 5.41) is 11.8. The Morgan fingerprint density at radius 1 is 0.694 bits per heavy atom. The van der Waals surface area contributed by atoms with E-state index in [0.29, 0.717) is 24.3 Å². The fraction of sp³-hybridized carbons (Fsp3) is 0.174. The van der Waals surface area contributed by atoms with Gasteiger partial charge in [-0.2, -0.15) is 39.5 Å². The summed E-state index contributed by atoms with van der Waals surface area (Å²) >= 11 is 0. The van der Waals surface area contributed by atoms with E-state index >= 15 is 0 Å². The number of hydrogen-bond acceptors (Lipinski definition) is 2. The van der Waals surface area contributed by atoms with Crippen LogP contribution in [-0.4, -0.2) is 23.4 Å². The predicted molar refractivity (Wildman–Crippen MR) is 107 cm³/mol. The molecule has 0 atom stereocenters. The van der Waals surface area contributed by atoms with Crippen LogP contribution in [0.4, 0.5) is 49.6 Å². The molecule has 13 heteroatoms. The topological polar surface area (TPSA) is 49.3 Å². The molecule has 0 aromatic heterocycles. The first-order chi connectivity index (χ1) is 16.4. The summed E-state index contributed by atoms with van der Waals surface area (Å²) in [7, 11) is 0. The Morgan fingerprint density at radius 3 is 1.64 bits per heavy atom. The molecule has 0 saturated heterocycles. The van der Waals surface area contributed by atoms with E-state index in [1.165, 1.54) is 24.3 Å². The number of hydrogen-bond donors (Lipinski definition) is 2. The molecule has 2 N–H and O–H groups in total. The highest BCUT2D eigenvalue weighted by Crippen LogP contribution is 2.50. The van der Waals surface area contributed by atoms with E-state index in [4.69, 9.17) is 0 Å². The minimum Gasteiger partial charge on any atom is -0.369 e. The van der Waals surface area contributed by atoms with Gasteiger partial charge in [-0.15, -0.1) is 0 Å². The summed E-state index contributed by atoms with van der Waals surface area (Å²) < 4.78 is 130. The van der Waals surface area contributed by atoms with Crippen molar-refractivity contribution in [2.24, 2.45) is 0 Å². The summed E-state index contributed by atoms with van der Waals surface area (Å²) in [5.74, 6) is -2.26. The molecule has 0 bridgehead atoms. The Hall–Kier alpha value is -3.61. The lowest BCUT2D eigenvalue weighted by molar-refractivity contribution is -0.376. The van der Waals surface area contributed by atoms with Crippen molar-refractivity contribution in [2.45, 2.75) is 24.1 Å². The van der Waals surface area contributed by atoms with Gasteiger partial charge in [0, 0.05) is 22.4 Å². The third kappa shape index (κ3) is 5.15. The quantitative estimate of drug-likeness (QED) is 0.358. The van der Waals surface area contributed by atoms with Gasteiger partial charge in [0.25, 0.3) is 11.5 Å². The zero-order chi connectivity index (χ0) is 27.1. The molecule has 36 heavy (non-hydrogen) atoms. The number of carbonyl (C=O) groups is 1. The zero-order valence-corrected chi connectivity index (χ0v) is 17.5. The molecule has 3 rings (SSSR count). The molecule has 192 valence electrons. The molecular weight excluding hydrogens is 512 g/mol. The third-order valence-electron chi connectivity index (χ3n) is 5.14. The Labute approximate surface area is 196 Å². The molecule has 0 unspecified atom stereocenters. The fourth-order valence-electron chi connectivity index (χ4n) is 3.21. The van der Waals surface area contributed by atoms with E-state index in [9.17, 15) is 53.8 Å². The van der Waals surface area contributed by atoms with Crippen LogP contribution < -0.4 is 5.32 Å². The van der Waals surface area contributed by atoms with Crippen molar-refractivity contribution < 1.29 is 53.8 Å². The SMILES string of the molecule is O=C(Nc1ccc(-c2ccc(C(O)(C(F)(F)F)C(F)(F)F)cc2F)cc1)c1ccc(C(F)(F)F)cc1. The second-order valence-corrected chi connectivity index (χ2v) is 7.51. The molecule has 0 aliphatic heterocycles. The molecule has 0 aliphatic rings. The fourth-order valence-corrected chi connectivity index (χ4v) is 3.21. The van der Waals surface area contributed by atoms with Gasteiger partial charge in [-0.25, -0.2) is 4.39 Å². The molecule has 0 heterocycles. The molecule has 0 fully saturated rings. The second-order valence-electron chi connectivity index (χ2n) is 7.51. The van der Waals surface area contributed by atoms with Gasteiger partial charge in [-0.1, -0.05) is 24.3 Å². The van der Waals surface area contributed by atoms with Gasteiger partial charge in [0.15, 0.2) is 0 Å². The molecule has 0 radical (unpaired) electrons. The van der Waals surface area contributed by atoms with Crippen LogP contribution in [-0.2, 0) is 11.8 Å². The summed E-state index contributed by atoms with van der Waals surface area (Å²) in [5.41, 5.74) is -8.38. The van der Waals surface area contributed by atoms with Crippen LogP contribution in [0, 0.1) is 5.82 Å². The summed E-state index contributed by atoms with van der Waals surface area (Å²) in [6.07, 6.45) is -16.9. The number of carbonyl (C=O) groups excluding carboxylic acids is 1.